The third-order valence-corrected chi connectivity index (χ3v) is 0. The van der Waals surface area contributed by atoms with E-state index in [1.807, 2.05) is 0 Å². The zero-order valence-corrected chi connectivity index (χ0v) is 8.49. The molecule has 0 aromatic heterocycles. The molecule has 7 heavy (non-hydrogen) atoms. The van der Waals surface area contributed by atoms with Gasteiger partial charge in [-0.25, -0.2) is 0 Å². The fourth-order valence-corrected chi connectivity index (χ4v) is 0. The third-order valence-electron chi connectivity index (χ3n) is 0. The molecule has 0 heterocycles. The third kappa shape index (κ3) is 84.5. The normalized spacial score (nSPS) is 0. The molecule has 0 aliphatic carbocycles. The van der Waals surface area contributed by atoms with E-state index in [0.29, 0.717) is 0 Å². The van der Waals surface area contributed by atoms with Crippen LogP contribution in [0.3, 0.4) is 0 Å². The summed E-state index contributed by atoms with van der Waals surface area (Å²) in [6.07, 6.45) is 0. The van der Waals surface area contributed by atoms with Gasteiger partial charge in [-0.2, -0.15) is 0 Å². The van der Waals surface area contributed by atoms with Crippen LogP contribution in [-0.2, 0) is 55.8 Å². The fourth-order valence-electron chi connectivity index (χ4n) is 0. The van der Waals surface area contributed by atoms with Crippen molar-refractivity contribution < 1.29 is 55.8 Å². The van der Waals surface area contributed by atoms with Crippen LogP contribution in [0.5, 0.6) is 0 Å². The summed E-state index contributed by atoms with van der Waals surface area (Å²) >= 11 is 0. The van der Waals surface area contributed by atoms with E-state index in [1.54, 1.807) is 0 Å². The van der Waals surface area contributed by atoms with Gasteiger partial charge in [-0.3, -0.25) is 0 Å². The summed E-state index contributed by atoms with van der Waals surface area (Å²) in [6, 6.07) is 0. The summed E-state index contributed by atoms with van der Waals surface area (Å²) in [5, 5.41) is 0. The molecule has 0 aliphatic heterocycles. The van der Waals surface area contributed by atoms with Gasteiger partial charge in [-0.1, -0.05) is 0 Å². The van der Waals surface area contributed by atoms with Crippen LogP contribution in [0.25, 0.3) is 0 Å². The molecule has 0 bridgehead atoms. The van der Waals surface area contributed by atoms with Crippen molar-refractivity contribution in [3.8, 4) is 0 Å². The molecule has 7 heteroatoms. The van der Waals surface area contributed by atoms with Crippen LogP contribution in [0.1, 0.15) is 0 Å². The van der Waals surface area contributed by atoms with Crippen molar-refractivity contribution in [1.29, 1.82) is 0 Å². The molecule has 0 aromatic rings. The van der Waals surface area contributed by atoms with Gasteiger partial charge in [-0.05, 0) is 0 Å². The van der Waals surface area contributed by atoms with Crippen LogP contribution in [0, 0.1) is 0 Å². The molecule has 0 saturated heterocycles. The van der Waals surface area contributed by atoms with Crippen LogP contribution < -0.4 is 0 Å². The number of rotatable bonds is 0. The standard InChI is InChI=1S/Cr.In.Ni.4O/q2*+3;+2;4*-2. The number of hydrogen-bond donors (Lipinski definition) is 0. The van der Waals surface area contributed by atoms with E-state index < -0.39 is 0 Å². The second-order valence-corrected chi connectivity index (χ2v) is 0. The summed E-state index contributed by atoms with van der Waals surface area (Å²) in [5.41, 5.74) is 0. The van der Waals surface area contributed by atoms with Crippen LogP contribution in [0.2, 0.25) is 0 Å². The Bertz CT molecular complexity index is 11.7. The average Bonchev–Trinajstić information content (AvgIpc) is 0. The molecule has 0 aliphatic rings. The molecule has 0 fully saturated rings. The van der Waals surface area contributed by atoms with Crippen molar-refractivity contribution in [2.45, 2.75) is 0 Å². The maximum Gasteiger partial charge on any atom is 3.00 e. The summed E-state index contributed by atoms with van der Waals surface area (Å²) in [6.45, 7) is 0. The first-order valence-electron chi connectivity index (χ1n) is 0. The Morgan fingerprint density at radius 3 is 0.571 bits per heavy atom. The minimum atomic E-state index is 0. The fraction of sp³-hybridized carbons (Fsp3) is 0. The molecule has 43 valence electrons. The molecule has 4 nitrogen and oxygen atoms in total. The van der Waals surface area contributed by atoms with Gasteiger partial charge in [0.2, 0.25) is 0 Å². The number of hydrogen-bond acceptors (Lipinski definition) is 0. The molecule has 1 radical (unpaired) electrons. The molecule has 0 spiro atoms. The first kappa shape index (κ1) is 173. The molecule has 0 atom stereocenters. The van der Waals surface area contributed by atoms with Gasteiger partial charge in [0.05, 0.1) is 0 Å². The molecule has 0 unspecified atom stereocenters. The van der Waals surface area contributed by atoms with E-state index in [-0.39, 0.29) is 81.6 Å². The van der Waals surface area contributed by atoms with Gasteiger partial charge in [-0.15, -0.1) is 0 Å². The van der Waals surface area contributed by atoms with Crippen LogP contribution in [0.4, 0.5) is 0 Å². The van der Waals surface area contributed by atoms with Crippen LogP contribution in [0.15, 0.2) is 0 Å². The molecule has 0 amide bonds. The first-order chi connectivity index (χ1) is 0. The van der Waals surface area contributed by atoms with Crippen molar-refractivity contribution in [2.75, 3.05) is 0 Å². The smallest absolute Gasteiger partial charge is 2.00 e. The van der Waals surface area contributed by atoms with Crippen molar-refractivity contribution in [3.63, 3.8) is 0 Å². The van der Waals surface area contributed by atoms with Gasteiger partial charge < -0.3 is 21.9 Å². The van der Waals surface area contributed by atoms with Crippen molar-refractivity contribution in [2.24, 2.45) is 0 Å². The second kappa shape index (κ2) is 116. The molecule has 0 saturated carbocycles. The average molecular weight is 290 g/mol. The van der Waals surface area contributed by atoms with Crippen molar-refractivity contribution in [3.05, 3.63) is 0 Å². The van der Waals surface area contributed by atoms with E-state index in [2.05, 4.69) is 0 Å². The zero-order valence-electron chi connectivity index (χ0n) is 2.93. The van der Waals surface area contributed by atoms with Crippen molar-refractivity contribution in [1.82, 2.24) is 0 Å². The van der Waals surface area contributed by atoms with E-state index in [1.165, 1.54) is 0 Å². The Morgan fingerprint density at radius 2 is 0.571 bits per heavy atom. The molecule has 0 N–H and O–H groups in total. The Hall–Kier alpha value is 1.74. The predicted octanol–water partition coefficient (Wildman–Crippen LogP) is -0.861. The van der Waals surface area contributed by atoms with Gasteiger partial charge in [0.1, 0.15) is 0 Å². The second-order valence-electron chi connectivity index (χ2n) is 0. The Morgan fingerprint density at radius 1 is 0.571 bits per heavy atom. The van der Waals surface area contributed by atoms with E-state index in [0.717, 1.165) is 0 Å². The summed E-state index contributed by atoms with van der Waals surface area (Å²) < 4.78 is 0. The maximum atomic E-state index is 0. The van der Waals surface area contributed by atoms with E-state index in [4.69, 9.17) is 0 Å². The largest absolute Gasteiger partial charge is 3.00 e. The zero-order chi connectivity index (χ0) is 0. The maximum absolute atomic E-state index is 0. The molecule has 0 aromatic carbocycles. The Kier molecular flexibility index (Phi) is 2890. The Balaban J connectivity index is 0. The first-order valence-corrected chi connectivity index (χ1v) is 0. The van der Waals surface area contributed by atoms with Crippen molar-refractivity contribution >= 4 is 25.8 Å². The van der Waals surface area contributed by atoms with E-state index >= 15 is 0 Å². The molecular formula is CrInNiO4. The summed E-state index contributed by atoms with van der Waals surface area (Å²) in [4.78, 5) is 0. The topological polar surface area (TPSA) is 114 Å². The van der Waals surface area contributed by atoms with Crippen LogP contribution >= 0.6 is 0 Å². The molecule has 0 rings (SSSR count). The Labute approximate surface area is 81.1 Å². The minimum absolute atomic E-state index is 0. The monoisotopic (exact) mass is 289 g/mol. The summed E-state index contributed by atoms with van der Waals surface area (Å²) in [5.74, 6) is 0. The SMILES string of the molecule is [Cr+3].[In+3].[Ni+2].[O-2].[O-2].[O-2].[O-2]. The minimum Gasteiger partial charge on any atom is -2.00 e. The van der Waals surface area contributed by atoms with Gasteiger partial charge in [0, 0.05) is 0 Å². The quantitative estimate of drug-likeness (QED) is 0.516. The molecular weight excluding hydrogens is 290 g/mol. The predicted molar refractivity (Wildman–Crippen MR) is 8.50 cm³/mol. The van der Waals surface area contributed by atoms with Gasteiger partial charge in [0.25, 0.3) is 0 Å². The van der Waals surface area contributed by atoms with Gasteiger partial charge >= 0.3 is 59.7 Å². The van der Waals surface area contributed by atoms with Gasteiger partial charge in [0.15, 0.2) is 0 Å². The van der Waals surface area contributed by atoms with Crippen LogP contribution in [-0.4, -0.2) is 25.8 Å². The van der Waals surface area contributed by atoms with E-state index in [9.17, 15) is 0 Å². The summed E-state index contributed by atoms with van der Waals surface area (Å²) in [7, 11) is 0.